The van der Waals surface area contributed by atoms with E-state index in [9.17, 15) is 9.18 Å². The first-order valence-corrected chi connectivity index (χ1v) is 11.4. The number of fused-ring (bicyclic) bond motifs is 1. The van der Waals surface area contributed by atoms with Gasteiger partial charge in [0.15, 0.2) is 0 Å². The SMILES string of the molecule is COc1cc2ncc(-c3cnn(-c4cc(C(N)=O)c(F)cc4C)c3)n2cc1N1CC2(CN(C)C2)C1.[HH]. The zero-order valence-corrected chi connectivity index (χ0v) is 19.8. The predicted molar refractivity (Wildman–Crippen MR) is 132 cm³/mol. The molecule has 0 atom stereocenters. The van der Waals surface area contributed by atoms with Gasteiger partial charge >= 0.3 is 0 Å². The van der Waals surface area contributed by atoms with E-state index in [-0.39, 0.29) is 6.99 Å². The molecule has 0 radical (unpaired) electrons. The summed E-state index contributed by atoms with van der Waals surface area (Å²) in [6.07, 6.45) is 7.42. The third-order valence-corrected chi connectivity index (χ3v) is 7.09. The Kier molecular flexibility index (Phi) is 4.65. The molecule has 0 aliphatic carbocycles. The number of methoxy groups -OCH3 is 1. The number of ether oxygens (including phenoxy) is 1. The van der Waals surface area contributed by atoms with Crippen molar-refractivity contribution < 1.29 is 15.3 Å². The van der Waals surface area contributed by atoms with Crippen LogP contribution >= 0.6 is 0 Å². The van der Waals surface area contributed by atoms with E-state index in [0.29, 0.717) is 16.7 Å². The minimum Gasteiger partial charge on any atom is -0.494 e. The third kappa shape index (κ3) is 3.35. The van der Waals surface area contributed by atoms with Crippen LogP contribution in [0.1, 0.15) is 17.3 Å². The number of primary amides is 1. The number of carbonyl (C=O) groups excluding carboxylic acids is 1. The number of halogens is 1. The lowest BCUT2D eigenvalue weighted by atomic mass is 9.73. The molecule has 2 saturated heterocycles. The van der Waals surface area contributed by atoms with Crippen molar-refractivity contribution in [1.82, 2.24) is 24.1 Å². The number of rotatable bonds is 5. The van der Waals surface area contributed by atoms with Crippen molar-refractivity contribution in [3.8, 4) is 22.7 Å². The molecule has 1 amide bonds. The number of anilines is 1. The lowest BCUT2D eigenvalue weighted by Crippen LogP contribution is -2.71. The summed E-state index contributed by atoms with van der Waals surface area (Å²) in [6.45, 7) is 6.03. The van der Waals surface area contributed by atoms with E-state index in [1.807, 2.05) is 16.7 Å². The number of pyridine rings is 1. The van der Waals surface area contributed by atoms with Gasteiger partial charge in [-0.15, -0.1) is 0 Å². The number of imidazole rings is 1. The summed E-state index contributed by atoms with van der Waals surface area (Å²) >= 11 is 0. The van der Waals surface area contributed by atoms with Crippen LogP contribution in [-0.2, 0) is 0 Å². The Morgan fingerprint density at radius 3 is 2.60 bits per heavy atom. The van der Waals surface area contributed by atoms with E-state index in [4.69, 9.17) is 10.5 Å². The maximum Gasteiger partial charge on any atom is 0.251 e. The summed E-state index contributed by atoms with van der Waals surface area (Å²) in [4.78, 5) is 20.9. The number of benzene rings is 1. The van der Waals surface area contributed by atoms with Gasteiger partial charge < -0.3 is 20.3 Å². The fourth-order valence-corrected chi connectivity index (χ4v) is 5.53. The van der Waals surface area contributed by atoms with Crippen LogP contribution in [0.5, 0.6) is 5.75 Å². The molecule has 10 heteroatoms. The summed E-state index contributed by atoms with van der Waals surface area (Å²) in [5, 5.41) is 4.46. The lowest BCUT2D eigenvalue weighted by molar-refractivity contribution is -0.00262. The number of amides is 1. The highest BCUT2D eigenvalue weighted by molar-refractivity contribution is 5.93. The molecule has 6 rings (SSSR count). The van der Waals surface area contributed by atoms with Crippen LogP contribution in [0.25, 0.3) is 22.6 Å². The Hall–Kier alpha value is -3.92. The van der Waals surface area contributed by atoms with Gasteiger partial charge in [0.05, 0.1) is 42.1 Å². The van der Waals surface area contributed by atoms with Gasteiger partial charge in [0.2, 0.25) is 0 Å². The first-order valence-electron chi connectivity index (χ1n) is 11.4. The van der Waals surface area contributed by atoms with Gasteiger partial charge in [-0.05, 0) is 31.7 Å². The smallest absolute Gasteiger partial charge is 0.251 e. The van der Waals surface area contributed by atoms with E-state index < -0.39 is 11.7 Å². The largest absolute Gasteiger partial charge is 0.494 e. The van der Waals surface area contributed by atoms with Crippen LogP contribution < -0.4 is 15.4 Å². The van der Waals surface area contributed by atoms with Crippen molar-refractivity contribution in [3.05, 3.63) is 59.9 Å². The van der Waals surface area contributed by atoms with Gasteiger partial charge in [-0.3, -0.25) is 9.20 Å². The zero-order valence-electron chi connectivity index (χ0n) is 19.8. The summed E-state index contributed by atoms with van der Waals surface area (Å²) in [5.41, 5.74) is 10.3. The topological polar surface area (TPSA) is 93.9 Å². The Balaban J connectivity index is 0.00000267. The molecular formula is C25H28FN7O2. The van der Waals surface area contributed by atoms with Gasteiger partial charge in [-0.2, -0.15) is 5.10 Å². The molecule has 3 aromatic heterocycles. The van der Waals surface area contributed by atoms with Crippen molar-refractivity contribution in [1.29, 1.82) is 0 Å². The zero-order chi connectivity index (χ0) is 24.5. The number of nitrogens with zero attached hydrogens (tertiary/aromatic N) is 6. The number of likely N-dealkylation sites (tertiary alicyclic amines) is 1. The van der Waals surface area contributed by atoms with E-state index in [0.717, 1.165) is 54.5 Å². The molecule has 182 valence electrons. The predicted octanol–water partition coefficient (Wildman–Crippen LogP) is 2.74. The van der Waals surface area contributed by atoms with Crippen LogP contribution in [-0.4, -0.2) is 70.3 Å². The molecule has 9 nitrogen and oxygen atoms in total. The van der Waals surface area contributed by atoms with Gasteiger partial charge in [0.1, 0.15) is 17.2 Å². The van der Waals surface area contributed by atoms with Gasteiger partial charge in [0, 0.05) is 57.0 Å². The third-order valence-electron chi connectivity index (χ3n) is 7.09. The molecule has 2 aliphatic heterocycles. The standard InChI is InChI=1S/C25H26FN7O2.H2/c1-15-4-18(26)17(24(27)34)5-19(15)33-9-16(7-29-33)20-8-28-23-6-22(35-3)21(10-32(20)23)31-13-25(14-31)11-30(2)12-25;/h4-10H,11-14H2,1-3H3,(H2,27,34);1H. The normalized spacial score (nSPS) is 17.0. The molecule has 1 spiro atoms. The summed E-state index contributed by atoms with van der Waals surface area (Å²) in [6, 6.07) is 4.67. The molecule has 0 bridgehead atoms. The Morgan fingerprint density at radius 1 is 1.14 bits per heavy atom. The monoisotopic (exact) mass is 477 g/mol. The van der Waals surface area contributed by atoms with Crippen LogP contribution in [0.15, 0.2) is 43.0 Å². The van der Waals surface area contributed by atoms with Crippen molar-refractivity contribution in [2.75, 3.05) is 45.2 Å². The van der Waals surface area contributed by atoms with Gasteiger partial charge in [0.25, 0.3) is 5.91 Å². The second-order valence-corrected chi connectivity index (χ2v) is 9.78. The van der Waals surface area contributed by atoms with Crippen molar-refractivity contribution in [2.45, 2.75) is 6.92 Å². The second kappa shape index (κ2) is 7.54. The van der Waals surface area contributed by atoms with Gasteiger partial charge in [-0.1, -0.05) is 0 Å². The van der Waals surface area contributed by atoms with Crippen molar-refractivity contribution in [3.63, 3.8) is 0 Å². The molecule has 2 aliphatic rings. The summed E-state index contributed by atoms with van der Waals surface area (Å²) in [5.74, 6) is -0.662. The highest BCUT2D eigenvalue weighted by atomic mass is 19.1. The second-order valence-electron chi connectivity index (χ2n) is 9.78. The first kappa shape index (κ1) is 21.6. The molecule has 35 heavy (non-hydrogen) atoms. The van der Waals surface area contributed by atoms with Crippen LogP contribution in [0, 0.1) is 18.2 Å². The molecule has 0 unspecified atom stereocenters. The Labute approximate surface area is 203 Å². The quantitative estimate of drug-likeness (QED) is 0.475. The number of hydrogen-bond donors (Lipinski definition) is 1. The number of carbonyl (C=O) groups is 1. The lowest BCUT2D eigenvalue weighted by Gasteiger charge is -2.60. The number of nitrogens with two attached hydrogens (primary N) is 1. The van der Waals surface area contributed by atoms with Crippen LogP contribution in [0.3, 0.4) is 0 Å². The average Bonchev–Trinajstić information content (AvgIpc) is 3.40. The number of aromatic nitrogens is 4. The van der Waals surface area contributed by atoms with Crippen molar-refractivity contribution in [2.24, 2.45) is 11.1 Å². The van der Waals surface area contributed by atoms with Gasteiger partial charge in [-0.25, -0.2) is 14.1 Å². The van der Waals surface area contributed by atoms with E-state index >= 15 is 0 Å². The maximum atomic E-state index is 14.1. The molecular weight excluding hydrogens is 449 g/mol. The van der Waals surface area contributed by atoms with E-state index in [1.165, 1.54) is 12.1 Å². The number of aryl methyl sites for hydroxylation is 1. The Morgan fingerprint density at radius 2 is 1.91 bits per heavy atom. The number of hydrogen-bond acceptors (Lipinski definition) is 6. The minimum atomic E-state index is -0.819. The van der Waals surface area contributed by atoms with Crippen LogP contribution in [0.2, 0.25) is 0 Å². The first-order chi connectivity index (χ1) is 16.8. The molecule has 4 aromatic rings. The summed E-state index contributed by atoms with van der Waals surface area (Å²) < 4.78 is 23.5. The maximum absolute atomic E-state index is 14.1. The summed E-state index contributed by atoms with van der Waals surface area (Å²) in [7, 11) is 3.84. The van der Waals surface area contributed by atoms with E-state index in [2.05, 4.69) is 33.1 Å². The minimum absolute atomic E-state index is 0. The molecule has 5 heterocycles. The Bertz CT molecular complexity index is 1480. The average molecular weight is 478 g/mol. The molecule has 2 fully saturated rings. The van der Waals surface area contributed by atoms with Crippen LogP contribution in [0.4, 0.5) is 10.1 Å². The van der Waals surface area contributed by atoms with Crippen molar-refractivity contribution >= 4 is 17.2 Å². The van der Waals surface area contributed by atoms with E-state index in [1.54, 1.807) is 31.1 Å². The highest BCUT2D eigenvalue weighted by Gasteiger charge is 2.51. The fourth-order valence-electron chi connectivity index (χ4n) is 5.53. The molecule has 0 saturated carbocycles. The molecule has 2 N–H and O–H groups in total. The fraction of sp³-hybridized carbons (Fsp3) is 0.320. The molecule has 1 aromatic carbocycles. The highest BCUT2D eigenvalue weighted by Crippen LogP contribution is 2.44.